The van der Waals surface area contributed by atoms with Crippen LogP contribution in [0.4, 0.5) is 0 Å². The number of aromatic nitrogens is 1. The monoisotopic (exact) mass is 257 g/mol. The second-order valence-electron chi connectivity index (χ2n) is 4.65. The number of nitrogens with zero attached hydrogens (tertiary/aromatic N) is 1. The lowest BCUT2D eigenvalue weighted by molar-refractivity contribution is 0.173. The minimum Gasteiger partial charge on any atom is -0.489 e. The van der Waals surface area contributed by atoms with Crippen molar-refractivity contribution in [2.45, 2.75) is 33.0 Å². The summed E-state index contributed by atoms with van der Waals surface area (Å²) in [5, 5.41) is 9.71. The van der Waals surface area contributed by atoms with Crippen LogP contribution in [0.15, 0.2) is 42.7 Å². The largest absolute Gasteiger partial charge is 0.489 e. The molecule has 1 heterocycles. The van der Waals surface area contributed by atoms with Crippen molar-refractivity contribution in [1.82, 2.24) is 4.98 Å². The molecule has 100 valence electrons. The summed E-state index contributed by atoms with van der Waals surface area (Å²) in [5.41, 5.74) is 3.10. The number of rotatable bonds is 5. The van der Waals surface area contributed by atoms with Gasteiger partial charge in [-0.3, -0.25) is 4.98 Å². The average Bonchev–Trinajstić information content (AvgIpc) is 2.45. The second kappa shape index (κ2) is 6.34. The summed E-state index contributed by atoms with van der Waals surface area (Å²) in [5.74, 6) is 0.800. The zero-order chi connectivity index (χ0) is 13.7. The van der Waals surface area contributed by atoms with E-state index in [-0.39, 0.29) is 0 Å². The Morgan fingerprint density at radius 2 is 1.95 bits per heavy atom. The van der Waals surface area contributed by atoms with E-state index in [1.165, 1.54) is 0 Å². The van der Waals surface area contributed by atoms with Gasteiger partial charge in [-0.25, -0.2) is 0 Å². The lowest BCUT2D eigenvalue weighted by Gasteiger charge is -2.10. The van der Waals surface area contributed by atoms with Gasteiger partial charge in [-0.15, -0.1) is 0 Å². The minimum absolute atomic E-state index is 0.393. The molecule has 2 aromatic rings. The highest BCUT2D eigenvalue weighted by molar-refractivity contribution is 5.29. The summed E-state index contributed by atoms with van der Waals surface area (Å²) in [7, 11) is 0. The molecular weight excluding hydrogens is 238 g/mol. The molecule has 0 amide bonds. The van der Waals surface area contributed by atoms with Gasteiger partial charge in [-0.2, -0.15) is 0 Å². The molecule has 1 aromatic carbocycles. The summed E-state index contributed by atoms with van der Waals surface area (Å²) in [4.78, 5) is 4.13. The van der Waals surface area contributed by atoms with Gasteiger partial charge in [0.25, 0.3) is 0 Å². The Balaban J connectivity index is 1.96. The van der Waals surface area contributed by atoms with E-state index < -0.39 is 6.10 Å². The Labute approximate surface area is 113 Å². The van der Waals surface area contributed by atoms with Gasteiger partial charge in [-0.05, 0) is 42.7 Å². The molecule has 0 aliphatic rings. The predicted molar refractivity (Wildman–Crippen MR) is 75.0 cm³/mol. The zero-order valence-electron chi connectivity index (χ0n) is 11.3. The highest BCUT2D eigenvalue weighted by atomic mass is 16.5. The Morgan fingerprint density at radius 3 is 2.58 bits per heavy atom. The van der Waals surface area contributed by atoms with Gasteiger partial charge < -0.3 is 9.84 Å². The highest BCUT2D eigenvalue weighted by Gasteiger charge is 2.04. The third-order valence-electron chi connectivity index (χ3n) is 2.99. The van der Waals surface area contributed by atoms with Crippen LogP contribution in [0, 0.1) is 6.92 Å². The molecular formula is C16H19NO2. The molecule has 3 nitrogen and oxygen atoms in total. The van der Waals surface area contributed by atoms with Crippen molar-refractivity contribution in [3.63, 3.8) is 0 Å². The SMILES string of the molecule is CC[C@H](O)c1ccc(OCc2cncc(C)c2)cc1. The van der Waals surface area contributed by atoms with Crippen LogP contribution in [0.2, 0.25) is 0 Å². The van der Waals surface area contributed by atoms with E-state index in [2.05, 4.69) is 11.1 Å². The number of aryl methyl sites for hydroxylation is 1. The number of hydrogen-bond acceptors (Lipinski definition) is 3. The van der Waals surface area contributed by atoms with Crippen molar-refractivity contribution in [3.05, 3.63) is 59.4 Å². The fraction of sp³-hybridized carbons (Fsp3) is 0.312. The van der Waals surface area contributed by atoms with Crippen LogP contribution in [0.5, 0.6) is 5.75 Å². The van der Waals surface area contributed by atoms with Gasteiger partial charge in [0.05, 0.1) is 6.10 Å². The van der Waals surface area contributed by atoms with Gasteiger partial charge >= 0.3 is 0 Å². The quantitative estimate of drug-likeness (QED) is 0.892. The smallest absolute Gasteiger partial charge is 0.119 e. The first-order valence-corrected chi connectivity index (χ1v) is 6.50. The number of aliphatic hydroxyl groups is 1. The number of hydrogen-bond donors (Lipinski definition) is 1. The molecule has 3 heteroatoms. The van der Waals surface area contributed by atoms with E-state index in [1.807, 2.05) is 50.5 Å². The molecule has 0 aliphatic carbocycles. The van der Waals surface area contributed by atoms with Crippen molar-refractivity contribution >= 4 is 0 Å². The van der Waals surface area contributed by atoms with E-state index in [0.717, 1.165) is 28.9 Å². The van der Waals surface area contributed by atoms with Gasteiger partial charge in [0, 0.05) is 18.0 Å². The number of benzene rings is 1. The molecule has 0 saturated carbocycles. The maximum atomic E-state index is 9.71. The van der Waals surface area contributed by atoms with Gasteiger partial charge in [-0.1, -0.05) is 19.1 Å². The van der Waals surface area contributed by atoms with Crippen molar-refractivity contribution in [2.75, 3.05) is 0 Å². The van der Waals surface area contributed by atoms with Crippen LogP contribution in [-0.4, -0.2) is 10.1 Å². The summed E-state index contributed by atoms with van der Waals surface area (Å²) in [6, 6.07) is 9.63. The number of pyridine rings is 1. The summed E-state index contributed by atoms with van der Waals surface area (Å²) >= 11 is 0. The number of aliphatic hydroxyl groups excluding tert-OH is 1. The Kier molecular flexibility index (Phi) is 4.53. The molecule has 0 aliphatic heterocycles. The van der Waals surface area contributed by atoms with Gasteiger partial charge in [0.1, 0.15) is 12.4 Å². The van der Waals surface area contributed by atoms with Crippen molar-refractivity contribution < 1.29 is 9.84 Å². The maximum Gasteiger partial charge on any atom is 0.119 e. The molecule has 1 N–H and O–H groups in total. The van der Waals surface area contributed by atoms with Crippen molar-refractivity contribution in [2.24, 2.45) is 0 Å². The van der Waals surface area contributed by atoms with Crippen molar-refractivity contribution in [3.8, 4) is 5.75 Å². The topological polar surface area (TPSA) is 42.4 Å². The molecule has 0 bridgehead atoms. The van der Waals surface area contributed by atoms with Crippen molar-refractivity contribution in [1.29, 1.82) is 0 Å². The van der Waals surface area contributed by atoms with E-state index >= 15 is 0 Å². The van der Waals surface area contributed by atoms with Crippen LogP contribution in [-0.2, 0) is 6.61 Å². The minimum atomic E-state index is -0.393. The molecule has 1 atom stereocenters. The summed E-state index contributed by atoms with van der Waals surface area (Å²) < 4.78 is 5.69. The van der Waals surface area contributed by atoms with Crippen LogP contribution >= 0.6 is 0 Å². The van der Waals surface area contributed by atoms with E-state index in [9.17, 15) is 5.11 Å². The summed E-state index contributed by atoms with van der Waals surface area (Å²) in [6.07, 6.45) is 3.96. The Hall–Kier alpha value is -1.87. The van der Waals surface area contributed by atoms with Gasteiger partial charge in [0.2, 0.25) is 0 Å². The van der Waals surface area contributed by atoms with Crippen LogP contribution in [0.3, 0.4) is 0 Å². The molecule has 0 spiro atoms. The third kappa shape index (κ3) is 3.80. The number of ether oxygens (including phenoxy) is 1. The molecule has 0 unspecified atom stereocenters. The maximum absolute atomic E-state index is 9.71. The molecule has 0 radical (unpaired) electrons. The first kappa shape index (κ1) is 13.6. The first-order chi connectivity index (χ1) is 9.19. The lowest BCUT2D eigenvalue weighted by atomic mass is 10.1. The highest BCUT2D eigenvalue weighted by Crippen LogP contribution is 2.20. The average molecular weight is 257 g/mol. The van der Waals surface area contributed by atoms with Gasteiger partial charge in [0.15, 0.2) is 0 Å². The molecule has 0 fully saturated rings. The lowest BCUT2D eigenvalue weighted by Crippen LogP contribution is -1.98. The molecule has 19 heavy (non-hydrogen) atoms. The first-order valence-electron chi connectivity index (χ1n) is 6.50. The standard InChI is InChI=1S/C16H19NO2/c1-3-16(18)14-4-6-15(7-5-14)19-11-13-8-12(2)9-17-10-13/h4-10,16,18H,3,11H2,1-2H3/t16-/m0/s1. The van der Waals surface area contributed by atoms with E-state index in [4.69, 9.17) is 4.74 Å². The Bertz CT molecular complexity index is 523. The Morgan fingerprint density at radius 1 is 1.21 bits per heavy atom. The summed E-state index contributed by atoms with van der Waals surface area (Å²) in [6.45, 7) is 4.47. The predicted octanol–water partition coefficient (Wildman–Crippen LogP) is 3.41. The van der Waals surface area contributed by atoms with E-state index in [1.54, 1.807) is 0 Å². The van der Waals surface area contributed by atoms with E-state index in [0.29, 0.717) is 6.61 Å². The van der Waals surface area contributed by atoms with Crippen LogP contribution in [0.1, 0.15) is 36.1 Å². The third-order valence-corrected chi connectivity index (χ3v) is 2.99. The van der Waals surface area contributed by atoms with Crippen LogP contribution < -0.4 is 4.74 Å². The second-order valence-corrected chi connectivity index (χ2v) is 4.65. The molecule has 1 aromatic heterocycles. The zero-order valence-corrected chi connectivity index (χ0v) is 11.3. The normalized spacial score (nSPS) is 12.2. The fourth-order valence-corrected chi connectivity index (χ4v) is 1.89. The molecule has 2 rings (SSSR count). The molecule has 0 saturated heterocycles. The fourth-order valence-electron chi connectivity index (χ4n) is 1.89. The van der Waals surface area contributed by atoms with Crippen LogP contribution in [0.25, 0.3) is 0 Å².